The SMILES string of the molecule is Cc1nn(-c2ccc(C(F)(F)F)cn2)c(C)c1CC(=O)NCCNc1ncccn1. The Hall–Kier alpha value is -3.50. The molecule has 0 atom stereocenters. The molecule has 30 heavy (non-hydrogen) atoms. The summed E-state index contributed by atoms with van der Waals surface area (Å²) in [6.45, 7) is 4.33. The average molecular weight is 419 g/mol. The number of halogens is 3. The molecule has 0 aliphatic heterocycles. The Bertz CT molecular complexity index is 1000. The topological polar surface area (TPSA) is 97.6 Å². The van der Waals surface area contributed by atoms with Gasteiger partial charge in [-0.1, -0.05) is 0 Å². The molecule has 0 spiro atoms. The number of nitrogens with one attached hydrogen (secondary N) is 2. The van der Waals surface area contributed by atoms with E-state index < -0.39 is 11.7 Å². The summed E-state index contributed by atoms with van der Waals surface area (Å²) in [6.07, 6.45) is -0.363. The Kier molecular flexibility index (Phi) is 6.28. The van der Waals surface area contributed by atoms with Crippen LogP contribution in [0, 0.1) is 13.8 Å². The molecule has 0 aliphatic rings. The molecule has 0 aromatic carbocycles. The van der Waals surface area contributed by atoms with E-state index in [1.54, 1.807) is 32.3 Å². The van der Waals surface area contributed by atoms with E-state index in [9.17, 15) is 18.0 Å². The van der Waals surface area contributed by atoms with Crippen LogP contribution < -0.4 is 10.6 Å². The number of carbonyl (C=O) groups is 1. The summed E-state index contributed by atoms with van der Waals surface area (Å²) in [4.78, 5) is 24.2. The summed E-state index contributed by atoms with van der Waals surface area (Å²) in [7, 11) is 0. The highest BCUT2D eigenvalue weighted by Gasteiger charge is 2.30. The van der Waals surface area contributed by atoms with E-state index in [-0.39, 0.29) is 18.1 Å². The fraction of sp³-hybridized carbons (Fsp3) is 0.316. The highest BCUT2D eigenvalue weighted by Crippen LogP contribution is 2.29. The second-order valence-electron chi connectivity index (χ2n) is 6.49. The maximum Gasteiger partial charge on any atom is 0.417 e. The summed E-state index contributed by atoms with van der Waals surface area (Å²) in [5, 5.41) is 10.1. The number of alkyl halides is 3. The van der Waals surface area contributed by atoms with Crippen LogP contribution in [-0.2, 0) is 17.4 Å². The molecule has 2 N–H and O–H groups in total. The van der Waals surface area contributed by atoms with Gasteiger partial charge < -0.3 is 10.6 Å². The molecule has 0 unspecified atom stereocenters. The second kappa shape index (κ2) is 8.89. The Balaban J connectivity index is 1.60. The third kappa shape index (κ3) is 5.10. The molecule has 1 amide bonds. The summed E-state index contributed by atoms with van der Waals surface area (Å²) in [5.41, 5.74) is 1.13. The van der Waals surface area contributed by atoms with E-state index in [2.05, 4.69) is 30.7 Å². The average Bonchev–Trinajstić information content (AvgIpc) is 3.00. The van der Waals surface area contributed by atoms with Gasteiger partial charge in [0.2, 0.25) is 11.9 Å². The molecule has 3 aromatic rings. The number of hydrogen-bond donors (Lipinski definition) is 2. The first-order valence-corrected chi connectivity index (χ1v) is 9.12. The van der Waals surface area contributed by atoms with Crippen molar-refractivity contribution in [2.75, 3.05) is 18.4 Å². The molecule has 0 bridgehead atoms. The number of aromatic nitrogens is 5. The van der Waals surface area contributed by atoms with Gasteiger partial charge >= 0.3 is 6.18 Å². The van der Waals surface area contributed by atoms with E-state index in [4.69, 9.17) is 0 Å². The summed E-state index contributed by atoms with van der Waals surface area (Å²) in [5.74, 6) is 0.531. The van der Waals surface area contributed by atoms with Gasteiger partial charge in [-0.3, -0.25) is 4.79 Å². The van der Waals surface area contributed by atoms with Crippen LogP contribution in [0.15, 0.2) is 36.8 Å². The van der Waals surface area contributed by atoms with E-state index in [1.165, 1.54) is 10.7 Å². The first-order valence-electron chi connectivity index (χ1n) is 9.12. The van der Waals surface area contributed by atoms with Gasteiger partial charge in [0, 0.05) is 42.9 Å². The lowest BCUT2D eigenvalue weighted by Crippen LogP contribution is -2.30. The van der Waals surface area contributed by atoms with Gasteiger partial charge in [0.1, 0.15) is 0 Å². The minimum absolute atomic E-state index is 0.0974. The Morgan fingerprint density at radius 2 is 1.83 bits per heavy atom. The van der Waals surface area contributed by atoms with E-state index in [0.29, 0.717) is 36.0 Å². The number of pyridine rings is 1. The van der Waals surface area contributed by atoms with Crippen molar-refractivity contribution in [3.8, 4) is 5.82 Å². The van der Waals surface area contributed by atoms with Crippen molar-refractivity contribution < 1.29 is 18.0 Å². The first kappa shape index (κ1) is 21.2. The number of nitrogens with zero attached hydrogens (tertiary/aromatic N) is 5. The van der Waals surface area contributed by atoms with Gasteiger partial charge in [0.05, 0.1) is 17.7 Å². The first-order chi connectivity index (χ1) is 14.3. The van der Waals surface area contributed by atoms with Crippen molar-refractivity contribution in [3.05, 3.63) is 59.3 Å². The van der Waals surface area contributed by atoms with E-state index >= 15 is 0 Å². The Morgan fingerprint density at radius 1 is 1.10 bits per heavy atom. The largest absolute Gasteiger partial charge is 0.417 e. The number of amides is 1. The minimum Gasteiger partial charge on any atom is -0.354 e. The van der Waals surface area contributed by atoms with Crippen LogP contribution in [0.3, 0.4) is 0 Å². The number of aryl methyl sites for hydroxylation is 1. The third-order valence-corrected chi connectivity index (χ3v) is 4.37. The number of hydrogen-bond acceptors (Lipinski definition) is 6. The lowest BCUT2D eigenvalue weighted by Gasteiger charge is -2.09. The lowest BCUT2D eigenvalue weighted by molar-refractivity contribution is -0.137. The van der Waals surface area contributed by atoms with Crippen LogP contribution in [-0.4, -0.2) is 43.7 Å². The molecule has 3 rings (SSSR count). The van der Waals surface area contributed by atoms with Crippen LogP contribution in [0.4, 0.5) is 19.1 Å². The van der Waals surface area contributed by atoms with Crippen LogP contribution >= 0.6 is 0 Å². The number of anilines is 1. The van der Waals surface area contributed by atoms with Gasteiger partial charge in [-0.05, 0) is 32.0 Å². The van der Waals surface area contributed by atoms with Crippen molar-refractivity contribution in [2.45, 2.75) is 26.4 Å². The van der Waals surface area contributed by atoms with Gasteiger partial charge in [0.15, 0.2) is 5.82 Å². The molecule has 158 valence electrons. The molecule has 0 aliphatic carbocycles. The Morgan fingerprint density at radius 3 is 2.47 bits per heavy atom. The van der Waals surface area contributed by atoms with Crippen LogP contribution in [0.5, 0.6) is 0 Å². The Labute approximate surface area is 170 Å². The zero-order valence-electron chi connectivity index (χ0n) is 16.4. The predicted octanol–water partition coefficient (Wildman–Crippen LogP) is 2.46. The number of carbonyl (C=O) groups excluding carboxylic acids is 1. The predicted molar refractivity (Wildman–Crippen MR) is 103 cm³/mol. The standard InChI is InChI=1S/C19H20F3N7O/c1-12-15(10-17(30)23-8-9-26-18-24-6-3-7-25-18)13(2)29(28-12)16-5-4-14(11-27-16)19(20,21)22/h3-7,11H,8-10H2,1-2H3,(H,23,30)(H,24,25,26). The fourth-order valence-corrected chi connectivity index (χ4v) is 2.82. The molecule has 11 heteroatoms. The maximum absolute atomic E-state index is 12.7. The normalized spacial score (nSPS) is 11.4. The summed E-state index contributed by atoms with van der Waals surface area (Å²) >= 11 is 0. The molecule has 0 radical (unpaired) electrons. The highest BCUT2D eigenvalue weighted by molar-refractivity contribution is 5.79. The molecule has 0 saturated carbocycles. The molecule has 0 fully saturated rings. The van der Waals surface area contributed by atoms with Crippen molar-refractivity contribution in [1.29, 1.82) is 0 Å². The zero-order chi connectivity index (χ0) is 21.7. The van der Waals surface area contributed by atoms with Gasteiger partial charge in [-0.15, -0.1) is 0 Å². The quantitative estimate of drug-likeness (QED) is 0.571. The van der Waals surface area contributed by atoms with Crippen molar-refractivity contribution in [3.63, 3.8) is 0 Å². The van der Waals surface area contributed by atoms with Crippen molar-refractivity contribution in [1.82, 2.24) is 30.0 Å². The van der Waals surface area contributed by atoms with Crippen LogP contribution in [0.1, 0.15) is 22.5 Å². The number of rotatable bonds is 7. The van der Waals surface area contributed by atoms with Gasteiger partial charge in [-0.25, -0.2) is 19.6 Å². The maximum atomic E-state index is 12.7. The monoisotopic (exact) mass is 419 g/mol. The fourth-order valence-electron chi connectivity index (χ4n) is 2.82. The summed E-state index contributed by atoms with van der Waals surface area (Å²) in [6, 6.07) is 3.91. The second-order valence-corrected chi connectivity index (χ2v) is 6.49. The van der Waals surface area contributed by atoms with E-state index in [0.717, 1.165) is 12.3 Å². The molecule has 3 aromatic heterocycles. The van der Waals surface area contributed by atoms with Crippen molar-refractivity contribution in [2.24, 2.45) is 0 Å². The lowest BCUT2D eigenvalue weighted by atomic mass is 10.1. The van der Waals surface area contributed by atoms with Crippen LogP contribution in [0.2, 0.25) is 0 Å². The molecular formula is C19H20F3N7O. The minimum atomic E-state index is -4.45. The highest BCUT2D eigenvalue weighted by atomic mass is 19.4. The van der Waals surface area contributed by atoms with Crippen LogP contribution in [0.25, 0.3) is 5.82 Å². The molecule has 8 nitrogen and oxygen atoms in total. The molecular weight excluding hydrogens is 399 g/mol. The van der Waals surface area contributed by atoms with Gasteiger partial charge in [0.25, 0.3) is 0 Å². The summed E-state index contributed by atoms with van der Waals surface area (Å²) < 4.78 is 39.6. The van der Waals surface area contributed by atoms with Crippen molar-refractivity contribution >= 4 is 11.9 Å². The molecule has 3 heterocycles. The molecule has 0 saturated heterocycles. The smallest absolute Gasteiger partial charge is 0.354 e. The zero-order valence-corrected chi connectivity index (χ0v) is 16.4. The van der Waals surface area contributed by atoms with Gasteiger partial charge in [-0.2, -0.15) is 18.3 Å². The van der Waals surface area contributed by atoms with E-state index in [1.807, 2.05) is 0 Å². The third-order valence-electron chi connectivity index (χ3n) is 4.37.